The summed E-state index contributed by atoms with van der Waals surface area (Å²) in [4.78, 5) is 15.3. The van der Waals surface area contributed by atoms with Crippen LogP contribution in [-0.4, -0.2) is 31.0 Å². The smallest absolute Gasteiger partial charge is 0.345 e. The van der Waals surface area contributed by atoms with E-state index in [-0.39, 0.29) is 16.3 Å². The van der Waals surface area contributed by atoms with Crippen molar-refractivity contribution in [2.45, 2.75) is 18.2 Å². The molecule has 0 unspecified atom stereocenters. The van der Waals surface area contributed by atoms with E-state index in [1.165, 1.54) is 6.07 Å². The van der Waals surface area contributed by atoms with Crippen molar-refractivity contribution in [2.75, 3.05) is 6.54 Å². The SMILES string of the molecule is Cc1sc(C(=O)O)cc1S(=O)(=O)NCCc1cccnc1. The Morgan fingerprint density at radius 1 is 1.48 bits per heavy atom. The van der Waals surface area contributed by atoms with Gasteiger partial charge in [-0.15, -0.1) is 11.3 Å². The molecule has 2 aromatic heterocycles. The van der Waals surface area contributed by atoms with E-state index < -0.39 is 16.0 Å². The van der Waals surface area contributed by atoms with Gasteiger partial charge < -0.3 is 5.11 Å². The highest BCUT2D eigenvalue weighted by atomic mass is 32.2. The minimum Gasteiger partial charge on any atom is -0.477 e. The zero-order valence-electron chi connectivity index (χ0n) is 11.2. The Morgan fingerprint density at radius 2 is 2.24 bits per heavy atom. The van der Waals surface area contributed by atoms with Crippen LogP contribution in [0.3, 0.4) is 0 Å². The van der Waals surface area contributed by atoms with E-state index in [1.54, 1.807) is 25.4 Å². The second-order valence-corrected chi connectivity index (χ2v) is 7.34. The van der Waals surface area contributed by atoms with Crippen LogP contribution in [0, 0.1) is 6.92 Å². The number of aryl methyl sites for hydroxylation is 1. The van der Waals surface area contributed by atoms with E-state index >= 15 is 0 Å². The minimum atomic E-state index is -3.70. The van der Waals surface area contributed by atoms with Crippen LogP contribution in [0.2, 0.25) is 0 Å². The first-order valence-electron chi connectivity index (χ1n) is 6.12. The summed E-state index contributed by atoms with van der Waals surface area (Å²) in [5.74, 6) is -1.13. The number of nitrogens with one attached hydrogen (secondary N) is 1. The lowest BCUT2D eigenvalue weighted by atomic mass is 10.2. The van der Waals surface area contributed by atoms with Gasteiger partial charge in [-0.3, -0.25) is 4.98 Å². The maximum atomic E-state index is 12.2. The number of rotatable bonds is 6. The zero-order valence-corrected chi connectivity index (χ0v) is 12.9. The van der Waals surface area contributed by atoms with Crippen LogP contribution in [0.15, 0.2) is 35.5 Å². The van der Waals surface area contributed by atoms with Crippen molar-refractivity contribution in [3.8, 4) is 0 Å². The summed E-state index contributed by atoms with van der Waals surface area (Å²) < 4.78 is 26.8. The van der Waals surface area contributed by atoms with Gasteiger partial charge in [-0.1, -0.05) is 6.07 Å². The van der Waals surface area contributed by atoms with E-state index in [9.17, 15) is 13.2 Å². The Morgan fingerprint density at radius 3 is 2.81 bits per heavy atom. The van der Waals surface area contributed by atoms with E-state index in [4.69, 9.17) is 5.11 Å². The first kappa shape index (κ1) is 15.6. The second kappa shape index (κ2) is 6.33. The van der Waals surface area contributed by atoms with Crippen molar-refractivity contribution in [1.82, 2.24) is 9.71 Å². The Balaban J connectivity index is 2.07. The van der Waals surface area contributed by atoms with Gasteiger partial charge in [0.1, 0.15) is 4.88 Å². The Bertz CT molecular complexity index is 739. The monoisotopic (exact) mass is 326 g/mol. The van der Waals surface area contributed by atoms with Crippen LogP contribution in [0.25, 0.3) is 0 Å². The summed E-state index contributed by atoms with van der Waals surface area (Å²) in [5.41, 5.74) is 0.925. The predicted octanol–water partition coefficient (Wildman–Crippen LogP) is 1.67. The van der Waals surface area contributed by atoms with E-state index in [1.807, 2.05) is 6.07 Å². The number of hydrogen-bond donors (Lipinski definition) is 2. The second-order valence-electron chi connectivity index (χ2n) is 4.35. The average molecular weight is 326 g/mol. The summed E-state index contributed by atoms with van der Waals surface area (Å²) in [6.07, 6.45) is 3.84. The molecule has 112 valence electrons. The largest absolute Gasteiger partial charge is 0.477 e. The molecule has 2 heterocycles. The molecular weight excluding hydrogens is 312 g/mol. The number of thiophene rings is 1. The molecule has 0 amide bonds. The molecule has 0 bridgehead atoms. The number of sulfonamides is 1. The quantitative estimate of drug-likeness (QED) is 0.842. The highest BCUT2D eigenvalue weighted by molar-refractivity contribution is 7.89. The number of carboxylic acid groups (broad SMARTS) is 1. The van der Waals surface area contributed by atoms with Gasteiger partial charge in [-0.05, 0) is 31.0 Å². The molecule has 0 spiro atoms. The van der Waals surface area contributed by atoms with Crippen molar-refractivity contribution in [2.24, 2.45) is 0 Å². The van der Waals surface area contributed by atoms with Gasteiger partial charge in [0.25, 0.3) is 0 Å². The maximum Gasteiger partial charge on any atom is 0.345 e. The van der Waals surface area contributed by atoms with Crippen molar-refractivity contribution in [3.05, 3.63) is 45.9 Å². The van der Waals surface area contributed by atoms with Gasteiger partial charge in [0.15, 0.2) is 0 Å². The molecule has 0 aromatic carbocycles. The highest BCUT2D eigenvalue weighted by Crippen LogP contribution is 2.25. The minimum absolute atomic E-state index is 0.0140. The van der Waals surface area contributed by atoms with Gasteiger partial charge in [0.05, 0.1) is 4.90 Å². The molecule has 0 aliphatic rings. The van der Waals surface area contributed by atoms with Crippen LogP contribution >= 0.6 is 11.3 Å². The van der Waals surface area contributed by atoms with Gasteiger partial charge >= 0.3 is 5.97 Å². The van der Waals surface area contributed by atoms with E-state index in [0.29, 0.717) is 11.3 Å². The molecule has 0 fully saturated rings. The molecule has 0 saturated heterocycles. The molecule has 0 saturated carbocycles. The number of aromatic carboxylic acids is 1. The van der Waals surface area contributed by atoms with Gasteiger partial charge in [-0.25, -0.2) is 17.9 Å². The Hall–Kier alpha value is -1.77. The summed E-state index contributed by atoms with van der Waals surface area (Å²) in [5, 5.41) is 8.90. The third kappa shape index (κ3) is 3.87. The summed E-state index contributed by atoms with van der Waals surface area (Å²) >= 11 is 0.950. The number of carbonyl (C=O) groups is 1. The lowest BCUT2D eigenvalue weighted by Gasteiger charge is -2.06. The number of carboxylic acids is 1. The molecule has 6 nitrogen and oxygen atoms in total. The molecule has 0 radical (unpaired) electrons. The maximum absolute atomic E-state index is 12.2. The molecule has 0 aliphatic carbocycles. The summed E-state index contributed by atoms with van der Waals surface area (Å²) in [6, 6.07) is 4.83. The Labute approximate surface area is 126 Å². The molecule has 2 rings (SSSR count). The lowest BCUT2D eigenvalue weighted by molar-refractivity contribution is 0.0702. The molecular formula is C13H14N2O4S2. The summed E-state index contributed by atoms with van der Waals surface area (Å²) in [7, 11) is -3.70. The lowest BCUT2D eigenvalue weighted by Crippen LogP contribution is -2.26. The van der Waals surface area contributed by atoms with Crippen LogP contribution in [0.4, 0.5) is 0 Å². The fourth-order valence-corrected chi connectivity index (χ4v) is 4.25. The number of pyridine rings is 1. The first-order chi connectivity index (χ1) is 9.90. The molecule has 21 heavy (non-hydrogen) atoms. The molecule has 0 aliphatic heterocycles. The van der Waals surface area contributed by atoms with Crippen LogP contribution in [-0.2, 0) is 16.4 Å². The van der Waals surface area contributed by atoms with Crippen molar-refractivity contribution < 1.29 is 18.3 Å². The van der Waals surface area contributed by atoms with Crippen molar-refractivity contribution in [3.63, 3.8) is 0 Å². The number of nitrogens with zero attached hydrogens (tertiary/aromatic N) is 1. The molecule has 2 aromatic rings. The van der Waals surface area contributed by atoms with Gasteiger partial charge in [0.2, 0.25) is 10.0 Å². The third-order valence-electron chi connectivity index (χ3n) is 2.80. The zero-order chi connectivity index (χ0) is 15.5. The standard InChI is InChI=1S/C13H14N2O4S2/c1-9-12(7-11(20-9)13(16)17)21(18,19)15-6-4-10-3-2-5-14-8-10/h2-3,5,7-8,15H,4,6H2,1H3,(H,16,17). The molecule has 8 heteroatoms. The Kier molecular flexibility index (Phi) is 4.71. The topological polar surface area (TPSA) is 96.4 Å². The molecule has 0 atom stereocenters. The van der Waals surface area contributed by atoms with Crippen LogP contribution in [0.1, 0.15) is 20.1 Å². The average Bonchev–Trinajstić information content (AvgIpc) is 2.83. The third-order valence-corrected chi connectivity index (χ3v) is 5.56. The van der Waals surface area contributed by atoms with Crippen LogP contribution in [0.5, 0.6) is 0 Å². The van der Waals surface area contributed by atoms with Crippen molar-refractivity contribution >= 4 is 27.3 Å². The van der Waals surface area contributed by atoms with Gasteiger partial charge in [-0.2, -0.15) is 0 Å². The van der Waals surface area contributed by atoms with E-state index in [2.05, 4.69) is 9.71 Å². The van der Waals surface area contributed by atoms with E-state index in [0.717, 1.165) is 16.9 Å². The number of aromatic nitrogens is 1. The van der Waals surface area contributed by atoms with Crippen molar-refractivity contribution in [1.29, 1.82) is 0 Å². The fraction of sp³-hybridized carbons (Fsp3) is 0.231. The fourth-order valence-electron chi connectivity index (χ4n) is 1.79. The summed E-state index contributed by atoms with van der Waals surface area (Å²) in [6.45, 7) is 1.82. The predicted molar refractivity (Wildman–Crippen MR) is 79.1 cm³/mol. The number of hydrogen-bond acceptors (Lipinski definition) is 5. The normalized spacial score (nSPS) is 11.5. The highest BCUT2D eigenvalue weighted by Gasteiger charge is 2.21. The van der Waals surface area contributed by atoms with Gasteiger partial charge in [0, 0.05) is 23.8 Å². The first-order valence-corrected chi connectivity index (χ1v) is 8.42. The van der Waals surface area contributed by atoms with Crippen LogP contribution < -0.4 is 4.72 Å². The molecule has 2 N–H and O–H groups in total.